The second-order valence-corrected chi connectivity index (χ2v) is 7.10. The minimum absolute atomic E-state index is 0.344. The first-order chi connectivity index (χ1) is 7.81. The van der Waals surface area contributed by atoms with Crippen LogP contribution in [0.25, 0.3) is 0 Å². The summed E-state index contributed by atoms with van der Waals surface area (Å²) in [7, 11) is -3.76. The SMILES string of the molecule is CC(C)OC(=O)NS(=O)(=O)N1CCC(Br)CC1. The van der Waals surface area contributed by atoms with Crippen LogP contribution in [-0.4, -0.2) is 42.8 Å². The molecule has 0 unspecified atom stereocenters. The first kappa shape index (κ1) is 14.7. The van der Waals surface area contributed by atoms with Gasteiger partial charge in [0.05, 0.1) is 6.10 Å². The lowest BCUT2D eigenvalue weighted by Gasteiger charge is -2.28. The lowest BCUT2D eigenvalue weighted by molar-refractivity contribution is 0.121. The number of halogens is 1. The van der Waals surface area contributed by atoms with Crippen LogP contribution in [0.3, 0.4) is 0 Å². The fraction of sp³-hybridized carbons (Fsp3) is 0.889. The molecule has 0 aromatic carbocycles. The van der Waals surface area contributed by atoms with E-state index in [4.69, 9.17) is 4.74 Å². The topological polar surface area (TPSA) is 75.7 Å². The molecule has 0 saturated carbocycles. The number of rotatable bonds is 3. The number of hydrogen-bond donors (Lipinski definition) is 1. The number of carbonyl (C=O) groups excluding carboxylic acids is 1. The molecule has 0 atom stereocenters. The number of amides is 1. The van der Waals surface area contributed by atoms with Crippen LogP contribution in [0.1, 0.15) is 26.7 Å². The van der Waals surface area contributed by atoms with Crippen LogP contribution in [0.2, 0.25) is 0 Å². The summed E-state index contributed by atoms with van der Waals surface area (Å²) in [4.78, 5) is 11.6. The van der Waals surface area contributed by atoms with Crippen LogP contribution < -0.4 is 4.72 Å². The van der Waals surface area contributed by atoms with E-state index in [0.717, 1.165) is 12.8 Å². The zero-order valence-corrected chi connectivity index (χ0v) is 12.3. The van der Waals surface area contributed by atoms with Gasteiger partial charge in [0.15, 0.2) is 0 Å². The molecule has 17 heavy (non-hydrogen) atoms. The summed E-state index contributed by atoms with van der Waals surface area (Å²) in [5.41, 5.74) is 0. The van der Waals surface area contributed by atoms with E-state index in [-0.39, 0.29) is 6.10 Å². The van der Waals surface area contributed by atoms with Gasteiger partial charge < -0.3 is 4.74 Å². The van der Waals surface area contributed by atoms with Gasteiger partial charge in [-0.1, -0.05) is 15.9 Å². The maximum absolute atomic E-state index is 11.8. The van der Waals surface area contributed by atoms with Gasteiger partial charge in [-0.3, -0.25) is 0 Å². The van der Waals surface area contributed by atoms with Crippen LogP contribution in [0, 0.1) is 0 Å². The van der Waals surface area contributed by atoms with Crippen LogP contribution in [-0.2, 0) is 14.9 Å². The van der Waals surface area contributed by atoms with E-state index < -0.39 is 16.3 Å². The van der Waals surface area contributed by atoms with Gasteiger partial charge in [0.1, 0.15) is 0 Å². The smallest absolute Gasteiger partial charge is 0.422 e. The molecule has 6 nitrogen and oxygen atoms in total. The number of hydrogen-bond acceptors (Lipinski definition) is 4. The third-order valence-corrected chi connectivity index (χ3v) is 4.66. The number of nitrogens with zero attached hydrogens (tertiary/aromatic N) is 1. The van der Waals surface area contributed by atoms with Crippen molar-refractivity contribution in [2.75, 3.05) is 13.1 Å². The zero-order chi connectivity index (χ0) is 13.1. The normalized spacial score (nSPS) is 19.3. The lowest BCUT2D eigenvalue weighted by Crippen LogP contribution is -2.47. The molecule has 0 bridgehead atoms. The molecular weight excluding hydrogens is 312 g/mol. The second-order valence-electron chi connectivity index (χ2n) is 4.13. The summed E-state index contributed by atoms with van der Waals surface area (Å²) in [5, 5.41) is 0. The van der Waals surface area contributed by atoms with E-state index in [9.17, 15) is 13.2 Å². The van der Waals surface area contributed by atoms with Gasteiger partial charge in [0.2, 0.25) is 0 Å². The highest BCUT2D eigenvalue weighted by Gasteiger charge is 2.28. The maximum Gasteiger partial charge on any atom is 0.422 e. The van der Waals surface area contributed by atoms with E-state index >= 15 is 0 Å². The Morgan fingerprint density at radius 3 is 2.41 bits per heavy atom. The summed E-state index contributed by atoms with van der Waals surface area (Å²) in [6, 6.07) is 0. The molecule has 1 fully saturated rings. The average Bonchev–Trinajstić information content (AvgIpc) is 2.15. The molecule has 1 saturated heterocycles. The fourth-order valence-corrected chi connectivity index (χ4v) is 2.96. The maximum atomic E-state index is 11.8. The number of alkyl halides is 1. The van der Waals surface area contributed by atoms with E-state index in [1.165, 1.54) is 4.31 Å². The van der Waals surface area contributed by atoms with Crippen LogP contribution in [0.5, 0.6) is 0 Å². The Morgan fingerprint density at radius 1 is 1.41 bits per heavy atom. The van der Waals surface area contributed by atoms with Crippen molar-refractivity contribution in [2.24, 2.45) is 0 Å². The molecule has 0 aromatic rings. The summed E-state index contributed by atoms with van der Waals surface area (Å²) in [5.74, 6) is 0. The van der Waals surface area contributed by atoms with Crippen molar-refractivity contribution in [1.29, 1.82) is 0 Å². The molecule has 100 valence electrons. The van der Waals surface area contributed by atoms with Gasteiger partial charge in [-0.2, -0.15) is 12.7 Å². The van der Waals surface area contributed by atoms with Gasteiger partial charge in [0, 0.05) is 17.9 Å². The van der Waals surface area contributed by atoms with Crippen molar-refractivity contribution >= 4 is 32.2 Å². The van der Waals surface area contributed by atoms with E-state index in [2.05, 4.69) is 15.9 Å². The number of nitrogens with one attached hydrogen (secondary N) is 1. The quantitative estimate of drug-likeness (QED) is 0.790. The lowest BCUT2D eigenvalue weighted by atomic mass is 10.2. The van der Waals surface area contributed by atoms with Crippen molar-refractivity contribution in [2.45, 2.75) is 37.6 Å². The monoisotopic (exact) mass is 328 g/mol. The predicted molar refractivity (Wildman–Crippen MR) is 67.2 cm³/mol. The number of ether oxygens (including phenoxy) is 1. The molecular formula is C9H17BrN2O4S. The summed E-state index contributed by atoms with van der Waals surface area (Å²) in [6.07, 6.45) is 0.194. The van der Waals surface area contributed by atoms with Crippen molar-refractivity contribution in [3.05, 3.63) is 0 Å². The van der Waals surface area contributed by atoms with E-state index in [1.54, 1.807) is 13.8 Å². The van der Waals surface area contributed by atoms with Gasteiger partial charge in [-0.25, -0.2) is 9.52 Å². The Labute approximate surface area is 110 Å². The second kappa shape index (κ2) is 6.01. The third-order valence-electron chi connectivity index (χ3n) is 2.28. The predicted octanol–water partition coefficient (Wildman–Crippen LogP) is 1.23. The van der Waals surface area contributed by atoms with Crippen molar-refractivity contribution in [1.82, 2.24) is 9.03 Å². The molecule has 0 aliphatic carbocycles. The molecule has 1 aliphatic rings. The number of carbonyl (C=O) groups is 1. The Bertz CT molecular complexity index is 363. The van der Waals surface area contributed by atoms with Crippen LogP contribution in [0.15, 0.2) is 0 Å². The highest BCUT2D eigenvalue weighted by molar-refractivity contribution is 9.09. The molecule has 1 rings (SSSR count). The van der Waals surface area contributed by atoms with Crippen molar-refractivity contribution in [3.8, 4) is 0 Å². The van der Waals surface area contributed by atoms with Gasteiger partial charge >= 0.3 is 16.3 Å². The average molecular weight is 329 g/mol. The zero-order valence-electron chi connectivity index (χ0n) is 9.85. The largest absolute Gasteiger partial charge is 0.446 e. The molecule has 1 aliphatic heterocycles. The van der Waals surface area contributed by atoms with E-state index in [1.807, 2.05) is 4.72 Å². The Hall–Kier alpha value is -0.340. The fourth-order valence-electron chi connectivity index (χ4n) is 1.47. The van der Waals surface area contributed by atoms with Gasteiger partial charge in [0.25, 0.3) is 0 Å². The van der Waals surface area contributed by atoms with Crippen LogP contribution in [0.4, 0.5) is 4.79 Å². The summed E-state index contributed by atoms with van der Waals surface area (Å²) < 4.78 is 31.4. The first-order valence-corrected chi connectivity index (χ1v) is 7.79. The molecule has 8 heteroatoms. The minimum atomic E-state index is -3.76. The van der Waals surface area contributed by atoms with Crippen molar-refractivity contribution < 1.29 is 17.9 Å². The summed E-state index contributed by atoms with van der Waals surface area (Å²) in [6.45, 7) is 4.12. The highest BCUT2D eigenvalue weighted by Crippen LogP contribution is 2.19. The standard InChI is InChI=1S/C9H17BrN2O4S/c1-7(2)16-9(13)11-17(14,15)12-5-3-8(10)4-6-12/h7-8H,3-6H2,1-2H3,(H,11,13). The van der Waals surface area contributed by atoms with Crippen molar-refractivity contribution in [3.63, 3.8) is 0 Å². The Balaban J connectivity index is 2.54. The van der Waals surface area contributed by atoms with E-state index in [0.29, 0.717) is 17.9 Å². The molecule has 0 radical (unpaired) electrons. The Morgan fingerprint density at radius 2 is 1.94 bits per heavy atom. The molecule has 0 spiro atoms. The molecule has 1 N–H and O–H groups in total. The highest BCUT2D eigenvalue weighted by atomic mass is 79.9. The van der Waals surface area contributed by atoms with Gasteiger partial charge in [-0.05, 0) is 26.7 Å². The molecule has 0 aromatic heterocycles. The minimum Gasteiger partial charge on any atom is -0.446 e. The first-order valence-electron chi connectivity index (χ1n) is 5.44. The summed E-state index contributed by atoms with van der Waals surface area (Å²) >= 11 is 3.43. The molecule has 1 heterocycles. The van der Waals surface area contributed by atoms with Gasteiger partial charge in [-0.15, -0.1) is 0 Å². The molecule has 1 amide bonds. The number of piperidine rings is 1. The van der Waals surface area contributed by atoms with Crippen LogP contribution >= 0.6 is 15.9 Å². The third kappa shape index (κ3) is 4.81. The Kier molecular flexibility index (Phi) is 5.21.